The Morgan fingerprint density at radius 1 is 1.23 bits per heavy atom. The molecule has 1 heterocycles. The Bertz CT molecular complexity index is 838. The highest BCUT2D eigenvalue weighted by molar-refractivity contribution is 7.00. The van der Waals surface area contributed by atoms with E-state index in [0.29, 0.717) is 22.8 Å². The number of nitrogens with one attached hydrogen (secondary N) is 1. The number of carbonyl (C=O) groups is 1. The van der Waals surface area contributed by atoms with Gasteiger partial charge in [-0.25, -0.2) is 8.78 Å². The van der Waals surface area contributed by atoms with Gasteiger partial charge in [0.1, 0.15) is 16.9 Å². The highest BCUT2D eigenvalue weighted by Gasteiger charge is 2.11. The van der Waals surface area contributed by atoms with Crippen molar-refractivity contribution in [2.75, 3.05) is 11.9 Å². The molecule has 112 valence electrons. The van der Waals surface area contributed by atoms with Gasteiger partial charge >= 0.3 is 0 Å². The Labute approximate surface area is 127 Å². The van der Waals surface area contributed by atoms with Gasteiger partial charge < -0.3 is 10.1 Å². The van der Waals surface area contributed by atoms with Gasteiger partial charge in [0.15, 0.2) is 18.2 Å². The van der Waals surface area contributed by atoms with E-state index in [9.17, 15) is 13.6 Å². The molecule has 0 atom stereocenters. The van der Waals surface area contributed by atoms with E-state index in [1.165, 1.54) is 0 Å². The smallest absolute Gasteiger partial charge is 0.262 e. The highest BCUT2D eigenvalue weighted by Crippen LogP contribution is 2.21. The minimum atomic E-state index is -0.862. The van der Waals surface area contributed by atoms with E-state index in [1.807, 2.05) is 0 Å². The number of anilines is 1. The van der Waals surface area contributed by atoms with Gasteiger partial charge in [0, 0.05) is 6.07 Å². The second-order valence-electron chi connectivity index (χ2n) is 4.35. The third-order valence-corrected chi connectivity index (χ3v) is 3.36. The van der Waals surface area contributed by atoms with Gasteiger partial charge in [0.2, 0.25) is 0 Å². The summed E-state index contributed by atoms with van der Waals surface area (Å²) in [6.07, 6.45) is 0. The molecule has 3 rings (SSSR count). The van der Waals surface area contributed by atoms with Crippen molar-refractivity contribution >= 4 is 34.4 Å². The van der Waals surface area contributed by atoms with Crippen LogP contribution >= 0.6 is 11.7 Å². The highest BCUT2D eigenvalue weighted by atomic mass is 32.1. The molecule has 22 heavy (non-hydrogen) atoms. The zero-order chi connectivity index (χ0) is 15.5. The zero-order valence-electron chi connectivity index (χ0n) is 11.0. The second kappa shape index (κ2) is 6.02. The van der Waals surface area contributed by atoms with E-state index in [2.05, 4.69) is 14.1 Å². The maximum atomic E-state index is 13.4. The molecule has 0 saturated carbocycles. The van der Waals surface area contributed by atoms with Gasteiger partial charge in [-0.05, 0) is 24.3 Å². The number of rotatable bonds is 4. The van der Waals surface area contributed by atoms with Gasteiger partial charge in [0.25, 0.3) is 5.91 Å². The van der Waals surface area contributed by atoms with Gasteiger partial charge in [-0.1, -0.05) is 6.07 Å². The molecular formula is C14H9F2N3O2S. The first-order chi connectivity index (χ1) is 10.6. The third kappa shape index (κ3) is 3.01. The molecule has 0 unspecified atom stereocenters. The molecule has 1 amide bonds. The average molecular weight is 321 g/mol. The molecule has 1 aromatic heterocycles. The number of aromatic nitrogens is 2. The number of benzene rings is 2. The maximum Gasteiger partial charge on any atom is 0.262 e. The lowest BCUT2D eigenvalue weighted by Gasteiger charge is -2.08. The number of hydrogen-bond donors (Lipinski definition) is 1. The molecule has 1 N–H and O–H groups in total. The van der Waals surface area contributed by atoms with Gasteiger partial charge in [-0.3, -0.25) is 4.79 Å². The molecule has 2 aromatic carbocycles. The van der Waals surface area contributed by atoms with Crippen LogP contribution in [0, 0.1) is 11.6 Å². The predicted octanol–water partition coefficient (Wildman–Crippen LogP) is 2.99. The molecule has 0 fully saturated rings. The van der Waals surface area contributed by atoms with Crippen LogP contribution in [-0.4, -0.2) is 21.3 Å². The summed E-state index contributed by atoms with van der Waals surface area (Å²) >= 11 is 1.04. The fourth-order valence-electron chi connectivity index (χ4n) is 1.83. The lowest BCUT2D eigenvalue weighted by atomic mass is 10.2. The molecule has 0 radical (unpaired) electrons. The number of nitrogens with zero attached hydrogens (tertiary/aromatic N) is 2. The van der Waals surface area contributed by atoms with E-state index in [-0.39, 0.29) is 5.75 Å². The molecule has 0 aliphatic heterocycles. The van der Waals surface area contributed by atoms with E-state index < -0.39 is 24.1 Å². The number of fused-ring (bicyclic) bond motifs is 1. The summed E-state index contributed by atoms with van der Waals surface area (Å²) < 4.78 is 39.3. The fourth-order valence-corrected chi connectivity index (χ4v) is 2.38. The quantitative estimate of drug-likeness (QED) is 0.802. The van der Waals surface area contributed by atoms with Crippen molar-refractivity contribution in [3.8, 4) is 5.75 Å². The summed E-state index contributed by atoms with van der Waals surface area (Å²) in [5.41, 5.74) is 1.75. The van der Waals surface area contributed by atoms with Crippen LogP contribution in [0.2, 0.25) is 0 Å². The summed E-state index contributed by atoms with van der Waals surface area (Å²) in [4.78, 5) is 11.9. The van der Waals surface area contributed by atoms with Crippen molar-refractivity contribution in [1.29, 1.82) is 0 Å². The zero-order valence-corrected chi connectivity index (χ0v) is 11.9. The van der Waals surface area contributed by atoms with E-state index in [4.69, 9.17) is 4.74 Å². The monoisotopic (exact) mass is 321 g/mol. The van der Waals surface area contributed by atoms with Crippen LogP contribution in [0.3, 0.4) is 0 Å². The van der Waals surface area contributed by atoms with Crippen molar-refractivity contribution in [1.82, 2.24) is 8.75 Å². The molecular weight excluding hydrogens is 312 g/mol. The summed E-state index contributed by atoms with van der Waals surface area (Å²) in [5, 5.41) is 2.62. The van der Waals surface area contributed by atoms with E-state index in [1.54, 1.807) is 18.2 Å². The molecule has 0 spiro atoms. The summed E-state index contributed by atoms with van der Waals surface area (Å²) in [5.74, 6) is -2.25. The van der Waals surface area contributed by atoms with Crippen LogP contribution in [0.4, 0.5) is 14.5 Å². The number of halogens is 2. The normalized spacial score (nSPS) is 10.6. The second-order valence-corrected chi connectivity index (χ2v) is 4.88. The lowest BCUT2D eigenvalue weighted by molar-refractivity contribution is -0.118. The first-order valence-corrected chi connectivity index (χ1v) is 6.95. The van der Waals surface area contributed by atoms with Crippen LogP contribution in [0.5, 0.6) is 5.75 Å². The standard InChI is InChI=1S/C14H9F2N3O2S/c15-8-4-5-12(9(16)6-8)21-7-13(20)17-10-2-1-3-11-14(10)19-22-18-11/h1-6H,7H2,(H,17,20). The SMILES string of the molecule is O=C(COc1ccc(F)cc1F)Nc1cccc2nsnc12. The lowest BCUT2D eigenvalue weighted by Crippen LogP contribution is -2.20. The Balaban J connectivity index is 1.66. The number of hydrogen-bond acceptors (Lipinski definition) is 5. The van der Waals surface area contributed by atoms with Gasteiger partial charge in [-0.15, -0.1) is 0 Å². The number of amides is 1. The molecule has 0 saturated heterocycles. The molecule has 0 bridgehead atoms. The Kier molecular flexibility index (Phi) is 3.92. The molecule has 0 aliphatic carbocycles. The minimum Gasteiger partial charge on any atom is -0.481 e. The van der Waals surface area contributed by atoms with Crippen LogP contribution in [0.1, 0.15) is 0 Å². The largest absolute Gasteiger partial charge is 0.481 e. The first-order valence-electron chi connectivity index (χ1n) is 6.22. The Morgan fingerprint density at radius 2 is 2.09 bits per heavy atom. The first kappa shape index (κ1) is 14.3. The van der Waals surface area contributed by atoms with Crippen molar-refractivity contribution < 1.29 is 18.3 Å². The molecule has 5 nitrogen and oxygen atoms in total. The van der Waals surface area contributed by atoms with Crippen molar-refractivity contribution in [3.05, 3.63) is 48.0 Å². The molecule has 8 heteroatoms. The van der Waals surface area contributed by atoms with E-state index in [0.717, 1.165) is 23.9 Å². The van der Waals surface area contributed by atoms with Crippen LogP contribution in [0.15, 0.2) is 36.4 Å². The van der Waals surface area contributed by atoms with Crippen molar-refractivity contribution in [2.45, 2.75) is 0 Å². The van der Waals surface area contributed by atoms with Crippen molar-refractivity contribution in [2.24, 2.45) is 0 Å². The van der Waals surface area contributed by atoms with Gasteiger partial charge in [0.05, 0.1) is 17.4 Å². The van der Waals surface area contributed by atoms with E-state index >= 15 is 0 Å². The van der Waals surface area contributed by atoms with Crippen LogP contribution < -0.4 is 10.1 Å². The van der Waals surface area contributed by atoms with Crippen molar-refractivity contribution in [3.63, 3.8) is 0 Å². The fraction of sp³-hybridized carbons (Fsp3) is 0.0714. The molecule has 0 aliphatic rings. The van der Waals surface area contributed by atoms with Gasteiger partial charge in [-0.2, -0.15) is 8.75 Å². The average Bonchev–Trinajstić information content (AvgIpc) is 2.96. The maximum absolute atomic E-state index is 13.4. The molecule has 3 aromatic rings. The number of ether oxygens (including phenoxy) is 1. The topological polar surface area (TPSA) is 64.1 Å². The third-order valence-electron chi connectivity index (χ3n) is 2.81. The predicted molar refractivity (Wildman–Crippen MR) is 77.9 cm³/mol. The summed E-state index contributed by atoms with van der Waals surface area (Å²) in [6.45, 7) is -0.406. The van der Waals surface area contributed by atoms with Crippen LogP contribution in [0.25, 0.3) is 11.0 Å². The Hall–Kier alpha value is -2.61. The summed E-state index contributed by atoms with van der Waals surface area (Å²) in [6, 6.07) is 8.06. The van der Waals surface area contributed by atoms with Crippen LogP contribution in [-0.2, 0) is 4.79 Å². The Morgan fingerprint density at radius 3 is 2.91 bits per heavy atom. The minimum absolute atomic E-state index is 0.190. The number of carbonyl (C=O) groups excluding carboxylic acids is 1. The summed E-state index contributed by atoms with van der Waals surface area (Å²) in [7, 11) is 0.